The molecular weight excluding hydrogens is 193 g/mol. The van der Waals surface area contributed by atoms with Gasteiger partial charge in [-0.1, -0.05) is 23.7 Å². The molecule has 0 saturated heterocycles. The molecule has 0 aromatic heterocycles. The van der Waals surface area contributed by atoms with E-state index in [1.807, 2.05) is 32.0 Å². The number of benzene rings is 1. The standard InChI is InChI=1S/C9H12ClN.ClH/c1-6-3-4-8(7(2)11)9(10)5-6;/h3-5,7H,11H2,1-2H3;1H. The van der Waals surface area contributed by atoms with Crippen LogP contribution in [0.1, 0.15) is 24.1 Å². The Morgan fingerprint density at radius 2 is 2.00 bits per heavy atom. The second-order valence-electron chi connectivity index (χ2n) is 2.81. The van der Waals surface area contributed by atoms with Crippen molar-refractivity contribution in [3.8, 4) is 0 Å². The molecule has 1 atom stereocenters. The molecule has 0 heterocycles. The molecule has 1 nitrogen and oxygen atoms in total. The smallest absolute Gasteiger partial charge is 0.0456 e. The van der Waals surface area contributed by atoms with Crippen LogP contribution in [-0.2, 0) is 0 Å². The third kappa shape index (κ3) is 2.67. The maximum absolute atomic E-state index is 5.94. The van der Waals surface area contributed by atoms with Crippen molar-refractivity contribution in [3.63, 3.8) is 0 Å². The summed E-state index contributed by atoms with van der Waals surface area (Å²) in [6, 6.07) is 5.94. The lowest BCUT2D eigenvalue weighted by Gasteiger charge is -2.07. The fourth-order valence-electron chi connectivity index (χ4n) is 1.00. The summed E-state index contributed by atoms with van der Waals surface area (Å²) in [7, 11) is 0. The summed E-state index contributed by atoms with van der Waals surface area (Å²) in [6.07, 6.45) is 0. The minimum Gasteiger partial charge on any atom is -0.324 e. The Balaban J connectivity index is 0.00000121. The molecule has 3 heteroatoms. The van der Waals surface area contributed by atoms with Crippen molar-refractivity contribution in [3.05, 3.63) is 34.3 Å². The average Bonchev–Trinajstić information content (AvgIpc) is 1.85. The largest absolute Gasteiger partial charge is 0.324 e. The first-order valence-electron chi connectivity index (χ1n) is 3.63. The summed E-state index contributed by atoms with van der Waals surface area (Å²) in [4.78, 5) is 0. The van der Waals surface area contributed by atoms with Crippen LogP contribution in [0.4, 0.5) is 0 Å². The molecule has 0 aliphatic heterocycles. The molecule has 12 heavy (non-hydrogen) atoms. The summed E-state index contributed by atoms with van der Waals surface area (Å²) in [5, 5.41) is 0.764. The molecule has 0 aliphatic carbocycles. The Morgan fingerprint density at radius 1 is 1.42 bits per heavy atom. The van der Waals surface area contributed by atoms with Crippen LogP contribution >= 0.6 is 24.0 Å². The minimum atomic E-state index is 0. The summed E-state index contributed by atoms with van der Waals surface area (Å²) in [5.74, 6) is 0. The third-order valence-corrected chi connectivity index (χ3v) is 1.97. The van der Waals surface area contributed by atoms with Gasteiger partial charge in [-0.2, -0.15) is 0 Å². The lowest BCUT2D eigenvalue weighted by atomic mass is 10.1. The molecule has 0 bridgehead atoms. The molecule has 0 fully saturated rings. The molecule has 1 aromatic rings. The highest BCUT2D eigenvalue weighted by molar-refractivity contribution is 6.31. The molecule has 0 radical (unpaired) electrons. The van der Waals surface area contributed by atoms with Crippen molar-refractivity contribution >= 4 is 24.0 Å². The monoisotopic (exact) mass is 205 g/mol. The molecule has 68 valence electrons. The zero-order valence-corrected chi connectivity index (χ0v) is 8.75. The third-order valence-electron chi connectivity index (χ3n) is 1.65. The van der Waals surface area contributed by atoms with E-state index in [2.05, 4.69) is 0 Å². The lowest BCUT2D eigenvalue weighted by molar-refractivity contribution is 0.818. The minimum absolute atomic E-state index is 0. The molecular formula is C9H13Cl2N. The van der Waals surface area contributed by atoms with Crippen LogP contribution in [0.15, 0.2) is 18.2 Å². The first-order chi connectivity index (χ1) is 5.11. The van der Waals surface area contributed by atoms with E-state index in [1.165, 1.54) is 5.56 Å². The van der Waals surface area contributed by atoms with Gasteiger partial charge < -0.3 is 5.73 Å². The number of halogens is 2. The van der Waals surface area contributed by atoms with E-state index in [9.17, 15) is 0 Å². The Morgan fingerprint density at radius 3 is 2.42 bits per heavy atom. The molecule has 0 saturated carbocycles. The van der Waals surface area contributed by atoms with Crippen molar-refractivity contribution in [2.75, 3.05) is 0 Å². The van der Waals surface area contributed by atoms with Gasteiger partial charge in [0.15, 0.2) is 0 Å². The number of nitrogens with two attached hydrogens (primary N) is 1. The molecule has 1 unspecified atom stereocenters. The van der Waals surface area contributed by atoms with E-state index in [-0.39, 0.29) is 18.4 Å². The summed E-state index contributed by atoms with van der Waals surface area (Å²) >= 11 is 5.94. The van der Waals surface area contributed by atoms with Crippen LogP contribution in [0.2, 0.25) is 5.02 Å². The Bertz CT molecular complexity index is 259. The molecule has 0 spiro atoms. The van der Waals surface area contributed by atoms with E-state index < -0.39 is 0 Å². The van der Waals surface area contributed by atoms with Crippen molar-refractivity contribution in [1.82, 2.24) is 0 Å². The van der Waals surface area contributed by atoms with Crippen molar-refractivity contribution in [2.24, 2.45) is 5.73 Å². The van der Waals surface area contributed by atoms with Gasteiger partial charge in [-0.25, -0.2) is 0 Å². The Hall–Kier alpha value is -0.240. The van der Waals surface area contributed by atoms with Crippen LogP contribution in [-0.4, -0.2) is 0 Å². The number of aryl methyl sites for hydroxylation is 1. The Kier molecular flexibility index (Phi) is 4.61. The lowest BCUT2D eigenvalue weighted by Crippen LogP contribution is -2.05. The van der Waals surface area contributed by atoms with Gasteiger partial charge in [-0.3, -0.25) is 0 Å². The number of hydrogen-bond donors (Lipinski definition) is 1. The van der Waals surface area contributed by atoms with Gasteiger partial charge in [-0.15, -0.1) is 12.4 Å². The second kappa shape index (κ2) is 4.70. The maximum atomic E-state index is 5.94. The normalized spacial score (nSPS) is 12.0. The van der Waals surface area contributed by atoms with E-state index in [0.717, 1.165) is 10.6 Å². The quantitative estimate of drug-likeness (QED) is 0.750. The molecule has 0 amide bonds. The van der Waals surface area contributed by atoms with Gasteiger partial charge in [-0.05, 0) is 31.0 Å². The van der Waals surface area contributed by atoms with Crippen LogP contribution in [0.3, 0.4) is 0 Å². The Labute approximate surface area is 84.3 Å². The van der Waals surface area contributed by atoms with Gasteiger partial charge in [0.25, 0.3) is 0 Å². The highest BCUT2D eigenvalue weighted by Crippen LogP contribution is 2.21. The van der Waals surface area contributed by atoms with Crippen molar-refractivity contribution in [1.29, 1.82) is 0 Å². The summed E-state index contributed by atoms with van der Waals surface area (Å²) in [6.45, 7) is 3.94. The van der Waals surface area contributed by atoms with Gasteiger partial charge in [0.2, 0.25) is 0 Å². The van der Waals surface area contributed by atoms with Crippen LogP contribution < -0.4 is 5.73 Å². The highest BCUT2D eigenvalue weighted by Gasteiger charge is 2.03. The van der Waals surface area contributed by atoms with Gasteiger partial charge >= 0.3 is 0 Å². The molecule has 1 aromatic carbocycles. The second-order valence-corrected chi connectivity index (χ2v) is 3.22. The zero-order valence-electron chi connectivity index (χ0n) is 7.17. The topological polar surface area (TPSA) is 26.0 Å². The van der Waals surface area contributed by atoms with Crippen molar-refractivity contribution in [2.45, 2.75) is 19.9 Å². The number of hydrogen-bond acceptors (Lipinski definition) is 1. The van der Waals surface area contributed by atoms with Gasteiger partial charge in [0, 0.05) is 11.1 Å². The summed E-state index contributed by atoms with van der Waals surface area (Å²) in [5.41, 5.74) is 7.86. The summed E-state index contributed by atoms with van der Waals surface area (Å²) < 4.78 is 0. The SMILES string of the molecule is Cc1ccc(C(C)N)c(Cl)c1.Cl. The van der Waals surface area contributed by atoms with E-state index in [0.29, 0.717) is 0 Å². The molecule has 1 rings (SSSR count). The fourth-order valence-corrected chi connectivity index (χ4v) is 1.41. The van der Waals surface area contributed by atoms with Gasteiger partial charge in [0.1, 0.15) is 0 Å². The first-order valence-corrected chi connectivity index (χ1v) is 4.00. The predicted molar refractivity (Wildman–Crippen MR) is 56.0 cm³/mol. The van der Waals surface area contributed by atoms with E-state index in [1.54, 1.807) is 0 Å². The fraction of sp³-hybridized carbons (Fsp3) is 0.333. The van der Waals surface area contributed by atoms with E-state index >= 15 is 0 Å². The van der Waals surface area contributed by atoms with Crippen LogP contribution in [0.5, 0.6) is 0 Å². The average molecular weight is 206 g/mol. The predicted octanol–water partition coefficient (Wildman–Crippen LogP) is 3.09. The molecule has 2 N–H and O–H groups in total. The zero-order chi connectivity index (χ0) is 8.43. The highest BCUT2D eigenvalue weighted by atomic mass is 35.5. The van der Waals surface area contributed by atoms with Crippen molar-refractivity contribution < 1.29 is 0 Å². The van der Waals surface area contributed by atoms with Crippen LogP contribution in [0.25, 0.3) is 0 Å². The number of rotatable bonds is 1. The first kappa shape index (κ1) is 11.8. The van der Waals surface area contributed by atoms with Gasteiger partial charge in [0.05, 0.1) is 0 Å². The maximum Gasteiger partial charge on any atom is 0.0456 e. The van der Waals surface area contributed by atoms with Crippen LogP contribution in [0, 0.1) is 6.92 Å². The molecule has 0 aliphatic rings. The van der Waals surface area contributed by atoms with E-state index in [4.69, 9.17) is 17.3 Å².